The number of amides is 2. The Kier molecular flexibility index (Phi) is 18.9. The molecule has 2 heterocycles. The molecule has 0 aliphatic carbocycles. The fourth-order valence-corrected chi connectivity index (χ4v) is 5.56. The van der Waals surface area contributed by atoms with Crippen molar-refractivity contribution < 1.29 is 33.0 Å². The molecule has 0 saturated carbocycles. The highest BCUT2D eigenvalue weighted by molar-refractivity contribution is 7.89. The van der Waals surface area contributed by atoms with E-state index in [4.69, 9.17) is 20.7 Å². The highest BCUT2D eigenvalue weighted by Gasteiger charge is 2.25. The molecule has 0 aromatic heterocycles. The van der Waals surface area contributed by atoms with E-state index < -0.39 is 16.1 Å². The van der Waals surface area contributed by atoms with E-state index in [-0.39, 0.29) is 36.5 Å². The number of sulfonamides is 1. The van der Waals surface area contributed by atoms with Crippen molar-refractivity contribution in [2.24, 2.45) is 0 Å². The summed E-state index contributed by atoms with van der Waals surface area (Å²) in [5.41, 5.74) is 7.42. The number of nitrogens with two attached hydrogens (primary N) is 1. The van der Waals surface area contributed by atoms with Gasteiger partial charge in [-0.3, -0.25) is 4.79 Å². The number of nitrogens with zero attached hydrogens (tertiary/aromatic N) is 1. The molecule has 6 N–H and O–H groups in total. The molecule has 12 heteroatoms. The zero-order valence-electron chi connectivity index (χ0n) is 24.8. The zero-order chi connectivity index (χ0) is 31.2. The quantitative estimate of drug-likeness (QED) is 0.200. The van der Waals surface area contributed by atoms with Gasteiger partial charge in [-0.1, -0.05) is 35.9 Å². The summed E-state index contributed by atoms with van der Waals surface area (Å²) in [7, 11) is -3.71. The summed E-state index contributed by atoms with van der Waals surface area (Å²) in [6.45, 7) is 6.68. The third-order valence-corrected chi connectivity index (χ3v) is 8.10. The summed E-state index contributed by atoms with van der Waals surface area (Å²) in [5.74, 6) is 0.0334. The van der Waals surface area contributed by atoms with Gasteiger partial charge < -0.3 is 31.3 Å². The number of aliphatic hydroxyl groups excluding tert-OH is 1. The molecule has 11 nitrogen and oxygen atoms in total. The molecule has 42 heavy (non-hydrogen) atoms. The second kappa shape index (κ2) is 21.5. The number of hydrogen-bond donors (Lipinski definition) is 5. The van der Waals surface area contributed by atoms with Crippen LogP contribution in [0.2, 0.25) is 0 Å². The van der Waals surface area contributed by atoms with Gasteiger partial charge in [0.25, 0.3) is 0 Å². The maximum atomic E-state index is 12.9. The van der Waals surface area contributed by atoms with Crippen molar-refractivity contribution in [3.8, 4) is 0 Å². The minimum Gasteiger partial charge on any atom is -0.465 e. The third kappa shape index (κ3) is 16.3. The first kappa shape index (κ1) is 36.8. The SMILES string of the molecule is C1CCOC1.CCO.Cc1ccccc1.Nc1ccc(S(=O)(=O)N(CCCNC(=O)O)CCCC2CCC(=O)N2)cc1. The number of benzene rings is 2. The van der Waals surface area contributed by atoms with Crippen LogP contribution in [0.15, 0.2) is 59.5 Å². The number of hydrogen-bond acceptors (Lipinski definition) is 7. The molecule has 2 aromatic rings. The number of nitrogens with one attached hydrogen (secondary N) is 2. The van der Waals surface area contributed by atoms with Crippen molar-refractivity contribution in [1.29, 1.82) is 0 Å². The number of carbonyl (C=O) groups excluding carboxylic acids is 1. The highest BCUT2D eigenvalue weighted by atomic mass is 32.2. The van der Waals surface area contributed by atoms with Crippen molar-refractivity contribution >= 4 is 27.7 Å². The number of nitrogen functional groups attached to an aromatic ring is 1. The van der Waals surface area contributed by atoms with Gasteiger partial charge in [-0.15, -0.1) is 0 Å². The molecule has 236 valence electrons. The lowest BCUT2D eigenvalue weighted by Gasteiger charge is -2.23. The van der Waals surface area contributed by atoms with E-state index in [1.54, 1.807) is 6.92 Å². The standard InChI is InChI=1S/C17H26N4O5S.C7H8.C4H8O.C2H6O/c18-13-4-7-15(8-5-13)27(25,26)21(12-2-10-19-17(23)24)11-1-3-14-6-9-16(22)20-14;1-7-5-3-2-4-6-7;1-2-4-5-3-1;1-2-3/h4-5,7-8,14,19H,1-3,6,9-12,18H2,(H,20,22)(H,23,24);2-6H,1H3;1-4H2;3H,2H2,1H3. The Morgan fingerprint density at radius 1 is 1.07 bits per heavy atom. The summed E-state index contributed by atoms with van der Waals surface area (Å²) in [6, 6.07) is 16.3. The summed E-state index contributed by atoms with van der Waals surface area (Å²) in [6.07, 6.45) is 4.37. The van der Waals surface area contributed by atoms with Crippen molar-refractivity contribution in [1.82, 2.24) is 14.9 Å². The van der Waals surface area contributed by atoms with Crippen LogP contribution in [-0.2, 0) is 19.6 Å². The first-order chi connectivity index (χ1) is 20.1. The van der Waals surface area contributed by atoms with E-state index in [1.165, 1.54) is 47.0 Å². The Hall–Kier alpha value is -3.19. The lowest BCUT2D eigenvalue weighted by atomic mass is 10.1. The Morgan fingerprint density at radius 2 is 1.67 bits per heavy atom. The fourth-order valence-electron chi connectivity index (χ4n) is 4.04. The number of aliphatic hydroxyl groups is 1. The molecule has 0 spiro atoms. The van der Waals surface area contributed by atoms with Gasteiger partial charge in [0.1, 0.15) is 0 Å². The van der Waals surface area contributed by atoms with Crippen LogP contribution in [-0.4, -0.2) is 80.4 Å². The van der Waals surface area contributed by atoms with Gasteiger partial charge >= 0.3 is 6.09 Å². The first-order valence-corrected chi connectivity index (χ1v) is 15.9. The van der Waals surface area contributed by atoms with Crippen LogP contribution in [0.3, 0.4) is 0 Å². The van der Waals surface area contributed by atoms with Gasteiger partial charge in [-0.2, -0.15) is 4.31 Å². The van der Waals surface area contributed by atoms with Crippen LogP contribution >= 0.6 is 0 Å². The van der Waals surface area contributed by atoms with Crippen LogP contribution in [0.1, 0.15) is 57.4 Å². The second-order valence-corrected chi connectivity index (χ2v) is 11.7. The Morgan fingerprint density at radius 3 is 2.12 bits per heavy atom. The van der Waals surface area contributed by atoms with E-state index in [9.17, 15) is 18.0 Å². The van der Waals surface area contributed by atoms with Gasteiger partial charge in [-0.25, -0.2) is 13.2 Å². The topological polar surface area (TPSA) is 171 Å². The molecule has 1 unspecified atom stereocenters. The van der Waals surface area contributed by atoms with E-state index in [2.05, 4.69) is 29.7 Å². The van der Waals surface area contributed by atoms with Crippen molar-refractivity contribution in [3.63, 3.8) is 0 Å². The van der Waals surface area contributed by atoms with Gasteiger partial charge in [0, 0.05) is 57.6 Å². The third-order valence-electron chi connectivity index (χ3n) is 6.19. The summed E-state index contributed by atoms with van der Waals surface area (Å²) >= 11 is 0. The maximum Gasteiger partial charge on any atom is 0.404 e. The molecular formula is C30H48N4O7S. The Balaban J connectivity index is 0.000000473. The van der Waals surface area contributed by atoms with Crippen molar-refractivity contribution in [3.05, 3.63) is 60.2 Å². The number of carbonyl (C=O) groups is 2. The molecule has 2 fully saturated rings. The number of aryl methyl sites for hydroxylation is 1. The van der Waals surface area contributed by atoms with E-state index in [1.807, 2.05) is 18.2 Å². The molecule has 2 amide bonds. The van der Waals surface area contributed by atoms with E-state index in [0.29, 0.717) is 37.9 Å². The molecule has 2 saturated heterocycles. The van der Waals surface area contributed by atoms with Crippen LogP contribution < -0.4 is 16.4 Å². The highest BCUT2D eigenvalue weighted by Crippen LogP contribution is 2.19. The van der Waals surface area contributed by atoms with Crippen molar-refractivity contribution in [2.75, 3.05) is 45.2 Å². The Bertz CT molecular complexity index is 1100. The molecule has 1 atom stereocenters. The predicted octanol–water partition coefficient (Wildman–Crippen LogP) is 3.77. The largest absolute Gasteiger partial charge is 0.465 e. The maximum absolute atomic E-state index is 12.9. The average molecular weight is 609 g/mol. The zero-order valence-corrected chi connectivity index (χ0v) is 25.7. The normalized spacial score (nSPS) is 15.7. The van der Waals surface area contributed by atoms with Gasteiger partial charge in [-0.05, 0) is 76.6 Å². The Labute approximate surface area is 250 Å². The van der Waals surface area contributed by atoms with Gasteiger partial charge in [0.15, 0.2) is 0 Å². The van der Waals surface area contributed by atoms with E-state index in [0.717, 1.165) is 19.6 Å². The number of carboxylic acid groups (broad SMARTS) is 1. The molecule has 0 bridgehead atoms. The van der Waals surface area contributed by atoms with Crippen LogP contribution in [0.4, 0.5) is 10.5 Å². The predicted molar refractivity (Wildman–Crippen MR) is 165 cm³/mol. The minimum absolute atomic E-state index is 0.0334. The van der Waals surface area contributed by atoms with Crippen LogP contribution in [0.25, 0.3) is 0 Å². The molecule has 2 aliphatic heterocycles. The van der Waals surface area contributed by atoms with E-state index >= 15 is 0 Å². The minimum atomic E-state index is -3.71. The molecule has 4 rings (SSSR count). The molecular weight excluding hydrogens is 560 g/mol. The number of ether oxygens (including phenoxy) is 1. The second-order valence-electron chi connectivity index (χ2n) is 9.79. The first-order valence-electron chi connectivity index (χ1n) is 14.4. The van der Waals surface area contributed by atoms with Crippen LogP contribution in [0.5, 0.6) is 0 Å². The monoisotopic (exact) mass is 608 g/mol. The van der Waals surface area contributed by atoms with Crippen molar-refractivity contribution in [2.45, 2.75) is 69.7 Å². The lowest BCUT2D eigenvalue weighted by Crippen LogP contribution is -2.35. The fraction of sp³-hybridized carbons (Fsp3) is 0.533. The molecule has 2 aromatic carbocycles. The number of rotatable bonds is 10. The summed E-state index contributed by atoms with van der Waals surface area (Å²) in [4.78, 5) is 22.0. The number of anilines is 1. The smallest absolute Gasteiger partial charge is 0.404 e. The average Bonchev–Trinajstić information content (AvgIpc) is 3.67. The summed E-state index contributed by atoms with van der Waals surface area (Å²) in [5, 5.41) is 21.3. The molecule has 0 radical (unpaired) electrons. The molecule has 2 aliphatic rings. The van der Waals surface area contributed by atoms with Gasteiger partial charge in [0.2, 0.25) is 15.9 Å². The van der Waals surface area contributed by atoms with Crippen LogP contribution in [0, 0.1) is 6.92 Å². The summed E-state index contributed by atoms with van der Waals surface area (Å²) < 4.78 is 32.2. The van der Waals surface area contributed by atoms with Gasteiger partial charge in [0.05, 0.1) is 4.90 Å². The lowest BCUT2D eigenvalue weighted by molar-refractivity contribution is -0.119.